The lowest BCUT2D eigenvalue weighted by Crippen LogP contribution is -2.00. The lowest BCUT2D eigenvalue weighted by atomic mass is 10.2. The van der Waals surface area contributed by atoms with Gasteiger partial charge in [0, 0.05) is 4.47 Å². The minimum Gasteiger partial charge on any atom is -0.371 e. The van der Waals surface area contributed by atoms with Crippen molar-refractivity contribution in [2.75, 3.05) is 11.9 Å². The van der Waals surface area contributed by atoms with Gasteiger partial charge in [-0.05, 0) is 34.5 Å². The fourth-order valence-electron chi connectivity index (χ4n) is 0.984. The normalized spacial score (nSPS) is 9.08. The molecule has 0 heterocycles. The molecule has 0 aliphatic carbocycles. The molecule has 1 aromatic carbocycles. The number of nitrogens with zero attached hydrogens (tertiary/aromatic N) is 1. The molecule has 0 unspecified atom stereocenters. The second-order valence-corrected chi connectivity index (χ2v) is 3.30. The molecule has 3 heteroatoms. The minimum atomic E-state index is 0.337. The molecule has 12 heavy (non-hydrogen) atoms. The summed E-state index contributed by atoms with van der Waals surface area (Å²) in [4.78, 5) is 0. The predicted octanol–water partition coefficient (Wildman–Crippen LogP) is 2.69. The molecule has 0 bridgehead atoms. The molecule has 1 N–H and O–H groups in total. The zero-order chi connectivity index (χ0) is 8.97. The topological polar surface area (TPSA) is 35.8 Å². The predicted molar refractivity (Wildman–Crippen MR) is 53.0 cm³/mol. The van der Waals surface area contributed by atoms with Crippen molar-refractivity contribution < 1.29 is 0 Å². The number of benzene rings is 1. The molecule has 0 aliphatic rings. The first kappa shape index (κ1) is 9.08. The maximum Gasteiger partial charge on any atom is 0.103 e. The van der Waals surface area contributed by atoms with Gasteiger partial charge in [-0.15, -0.1) is 0 Å². The molecule has 0 saturated carbocycles. The van der Waals surface area contributed by atoms with Crippen molar-refractivity contribution in [2.45, 2.75) is 6.92 Å². The van der Waals surface area contributed by atoms with Crippen LogP contribution in [-0.4, -0.2) is 6.54 Å². The van der Waals surface area contributed by atoms with Crippen molar-refractivity contribution in [1.82, 2.24) is 0 Å². The van der Waals surface area contributed by atoms with Gasteiger partial charge in [-0.1, -0.05) is 12.1 Å². The van der Waals surface area contributed by atoms with Crippen molar-refractivity contribution >= 4 is 21.6 Å². The summed E-state index contributed by atoms with van der Waals surface area (Å²) < 4.78 is 0.998. The Kier molecular flexibility index (Phi) is 3.12. The van der Waals surface area contributed by atoms with Gasteiger partial charge in [0.1, 0.15) is 6.54 Å². The molecule has 0 amide bonds. The number of aryl methyl sites for hydroxylation is 1. The average molecular weight is 225 g/mol. The zero-order valence-electron chi connectivity index (χ0n) is 6.76. The van der Waals surface area contributed by atoms with Crippen LogP contribution < -0.4 is 5.32 Å². The van der Waals surface area contributed by atoms with Crippen molar-refractivity contribution in [3.63, 3.8) is 0 Å². The van der Waals surface area contributed by atoms with E-state index >= 15 is 0 Å². The van der Waals surface area contributed by atoms with Gasteiger partial charge in [-0.25, -0.2) is 0 Å². The third-order valence-corrected chi connectivity index (χ3v) is 2.23. The van der Waals surface area contributed by atoms with E-state index in [1.54, 1.807) is 0 Å². The molecule has 1 aromatic rings. The van der Waals surface area contributed by atoms with E-state index < -0.39 is 0 Å². The summed E-state index contributed by atoms with van der Waals surface area (Å²) in [6, 6.07) is 7.96. The number of para-hydroxylation sites is 1. The van der Waals surface area contributed by atoms with Gasteiger partial charge in [0.2, 0.25) is 0 Å². The van der Waals surface area contributed by atoms with E-state index in [1.165, 1.54) is 0 Å². The number of anilines is 1. The van der Waals surface area contributed by atoms with Crippen LogP contribution in [0.4, 0.5) is 5.69 Å². The minimum absolute atomic E-state index is 0.337. The van der Waals surface area contributed by atoms with E-state index in [9.17, 15) is 0 Å². The molecule has 62 valence electrons. The SMILES string of the molecule is Cc1cccc(Br)c1NCC#N. The first-order valence-corrected chi connectivity index (χ1v) is 4.41. The van der Waals surface area contributed by atoms with Crippen LogP contribution >= 0.6 is 15.9 Å². The van der Waals surface area contributed by atoms with Gasteiger partial charge in [-0.3, -0.25) is 0 Å². The lowest BCUT2D eigenvalue weighted by Gasteiger charge is -2.07. The van der Waals surface area contributed by atoms with Crippen LogP contribution in [0.5, 0.6) is 0 Å². The molecule has 0 radical (unpaired) electrons. The molecule has 0 saturated heterocycles. The fraction of sp³-hybridized carbons (Fsp3) is 0.222. The standard InChI is InChI=1S/C9H9BrN2/c1-7-3-2-4-8(10)9(7)12-6-5-11/h2-4,12H,6H2,1H3. The second-order valence-electron chi connectivity index (χ2n) is 2.44. The van der Waals surface area contributed by atoms with Crippen molar-refractivity contribution in [3.05, 3.63) is 28.2 Å². The van der Waals surface area contributed by atoms with Crippen LogP contribution in [0, 0.1) is 18.3 Å². The molecule has 0 fully saturated rings. The Morgan fingerprint density at radius 1 is 1.58 bits per heavy atom. The summed E-state index contributed by atoms with van der Waals surface area (Å²) in [6.45, 7) is 2.34. The third kappa shape index (κ3) is 1.99. The van der Waals surface area contributed by atoms with E-state index in [0.717, 1.165) is 15.7 Å². The van der Waals surface area contributed by atoms with Gasteiger partial charge >= 0.3 is 0 Å². The average Bonchev–Trinajstić information content (AvgIpc) is 2.04. The number of nitrogens with one attached hydrogen (secondary N) is 1. The van der Waals surface area contributed by atoms with Gasteiger partial charge in [0.05, 0.1) is 11.8 Å². The number of rotatable bonds is 2. The molecular formula is C9H9BrN2. The summed E-state index contributed by atoms with van der Waals surface area (Å²) in [5.74, 6) is 0. The maximum atomic E-state index is 8.38. The Balaban J connectivity index is 2.90. The van der Waals surface area contributed by atoms with E-state index in [0.29, 0.717) is 6.54 Å². The third-order valence-electron chi connectivity index (χ3n) is 1.57. The quantitative estimate of drug-likeness (QED) is 0.785. The first-order valence-electron chi connectivity index (χ1n) is 3.61. The van der Waals surface area contributed by atoms with Crippen LogP contribution in [-0.2, 0) is 0 Å². The Morgan fingerprint density at radius 2 is 2.33 bits per heavy atom. The number of hydrogen-bond acceptors (Lipinski definition) is 2. The molecule has 2 nitrogen and oxygen atoms in total. The molecule has 1 rings (SSSR count). The summed E-state index contributed by atoms with van der Waals surface area (Å²) in [5, 5.41) is 11.4. The highest BCUT2D eigenvalue weighted by molar-refractivity contribution is 9.10. The fourth-order valence-corrected chi connectivity index (χ4v) is 1.59. The maximum absolute atomic E-state index is 8.38. The van der Waals surface area contributed by atoms with Gasteiger partial charge in [0.15, 0.2) is 0 Å². The van der Waals surface area contributed by atoms with E-state index in [1.807, 2.05) is 31.2 Å². The number of halogens is 1. The number of hydrogen-bond donors (Lipinski definition) is 1. The van der Waals surface area contributed by atoms with E-state index in [2.05, 4.69) is 21.2 Å². The Morgan fingerprint density at radius 3 is 2.92 bits per heavy atom. The van der Waals surface area contributed by atoms with Crippen LogP contribution in [0.2, 0.25) is 0 Å². The van der Waals surface area contributed by atoms with Crippen LogP contribution in [0.1, 0.15) is 5.56 Å². The lowest BCUT2D eigenvalue weighted by molar-refractivity contribution is 1.28. The van der Waals surface area contributed by atoms with Gasteiger partial charge in [-0.2, -0.15) is 5.26 Å². The van der Waals surface area contributed by atoms with Gasteiger partial charge < -0.3 is 5.32 Å². The van der Waals surface area contributed by atoms with Crippen LogP contribution in [0.15, 0.2) is 22.7 Å². The summed E-state index contributed by atoms with van der Waals surface area (Å²) >= 11 is 3.41. The van der Waals surface area contributed by atoms with Crippen LogP contribution in [0.3, 0.4) is 0 Å². The van der Waals surface area contributed by atoms with Crippen molar-refractivity contribution in [2.24, 2.45) is 0 Å². The van der Waals surface area contributed by atoms with Crippen LogP contribution in [0.25, 0.3) is 0 Å². The number of nitriles is 1. The molecule has 0 spiro atoms. The first-order chi connectivity index (χ1) is 5.75. The highest BCUT2D eigenvalue weighted by atomic mass is 79.9. The summed E-state index contributed by atoms with van der Waals surface area (Å²) in [6.07, 6.45) is 0. The molecule has 0 aromatic heterocycles. The van der Waals surface area contributed by atoms with E-state index in [4.69, 9.17) is 5.26 Å². The summed E-state index contributed by atoms with van der Waals surface area (Å²) in [7, 11) is 0. The molecule has 0 atom stereocenters. The summed E-state index contributed by atoms with van der Waals surface area (Å²) in [5.41, 5.74) is 2.14. The smallest absolute Gasteiger partial charge is 0.103 e. The van der Waals surface area contributed by atoms with E-state index in [-0.39, 0.29) is 0 Å². The molecule has 0 aliphatic heterocycles. The largest absolute Gasteiger partial charge is 0.371 e. The molecular weight excluding hydrogens is 216 g/mol. The zero-order valence-corrected chi connectivity index (χ0v) is 8.35. The highest BCUT2D eigenvalue weighted by Crippen LogP contribution is 2.25. The van der Waals surface area contributed by atoms with Gasteiger partial charge in [0.25, 0.3) is 0 Å². The van der Waals surface area contributed by atoms with Crippen molar-refractivity contribution in [1.29, 1.82) is 5.26 Å². The monoisotopic (exact) mass is 224 g/mol. The van der Waals surface area contributed by atoms with Crippen molar-refractivity contribution in [3.8, 4) is 6.07 Å². The highest BCUT2D eigenvalue weighted by Gasteiger charge is 2.00. The second kappa shape index (κ2) is 4.13. The Bertz CT molecular complexity index is 295. The Hall–Kier alpha value is -1.01. The Labute approximate surface area is 80.3 Å².